The summed E-state index contributed by atoms with van der Waals surface area (Å²) in [4.78, 5) is 14.0. The van der Waals surface area contributed by atoms with Gasteiger partial charge in [0.1, 0.15) is 5.82 Å². The molecule has 2 aromatic heterocycles. The second kappa shape index (κ2) is 8.81. The average molecular weight is 422 g/mol. The van der Waals surface area contributed by atoms with Crippen molar-refractivity contribution in [2.75, 3.05) is 43.4 Å². The highest BCUT2D eigenvalue weighted by molar-refractivity contribution is 7.22. The molecule has 0 unspecified atom stereocenters. The van der Waals surface area contributed by atoms with Gasteiger partial charge in [0.15, 0.2) is 5.13 Å². The fourth-order valence-corrected chi connectivity index (χ4v) is 4.40. The number of aromatic nitrogens is 2. The van der Waals surface area contributed by atoms with Crippen LogP contribution in [0.1, 0.15) is 19.4 Å². The summed E-state index contributed by atoms with van der Waals surface area (Å²) in [6.07, 6.45) is 1.86. The number of fused-ring (bicyclic) bond motifs is 1. The number of hydrogen-bond donors (Lipinski definition) is 2. The average Bonchev–Trinajstić information content (AvgIpc) is 3.15. The van der Waals surface area contributed by atoms with Gasteiger partial charge in [-0.3, -0.25) is 5.43 Å². The molecule has 1 fully saturated rings. The van der Waals surface area contributed by atoms with Gasteiger partial charge in [-0.25, -0.2) is 9.97 Å². The Bertz CT molecular complexity index is 1080. The minimum Gasteiger partial charge on any atom is -0.369 e. The van der Waals surface area contributed by atoms with Crippen LogP contribution in [0.4, 0.5) is 16.6 Å². The molecule has 2 N–H and O–H groups in total. The Morgan fingerprint density at radius 1 is 1.13 bits per heavy atom. The molecule has 1 aliphatic rings. The van der Waals surface area contributed by atoms with E-state index in [0.717, 1.165) is 64.2 Å². The molecule has 156 valence electrons. The third-order valence-electron chi connectivity index (χ3n) is 5.48. The molecule has 0 bridgehead atoms. The maximum Gasteiger partial charge on any atom is 0.189 e. The molecule has 3 aromatic rings. The third kappa shape index (κ3) is 4.44. The van der Waals surface area contributed by atoms with Crippen molar-refractivity contribution >= 4 is 50.5 Å². The number of rotatable bonds is 6. The predicted molar refractivity (Wildman–Crippen MR) is 128 cm³/mol. The van der Waals surface area contributed by atoms with E-state index >= 15 is 0 Å². The number of nitrogens with zero attached hydrogens (tertiary/aromatic N) is 5. The Kier molecular flexibility index (Phi) is 5.96. The van der Waals surface area contributed by atoms with Crippen LogP contribution < -0.4 is 15.6 Å². The van der Waals surface area contributed by atoms with Gasteiger partial charge in [0.2, 0.25) is 0 Å². The molecule has 7 nitrogen and oxygen atoms in total. The number of hydrazone groups is 1. The molecule has 0 aliphatic carbocycles. The van der Waals surface area contributed by atoms with Crippen LogP contribution in [0.25, 0.3) is 15.8 Å². The summed E-state index contributed by atoms with van der Waals surface area (Å²) in [5.41, 5.74) is 8.35. The van der Waals surface area contributed by atoms with Gasteiger partial charge in [0.05, 0.1) is 10.2 Å². The maximum absolute atomic E-state index is 4.73. The highest BCUT2D eigenvalue weighted by Crippen LogP contribution is 2.31. The number of allylic oxidation sites excluding steroid dienone is 2. The lowest BCUT2D eigenvalue weighted by Gasteiger charge is -2.34. The SMILES string of the molecule is C=NN/C(C)=C(\C)c1ccc2nc(Nc3cc(N4CCN(C)CC4)ccn3)sc2c1. The lowest BCUT2D eigenvalue weighted by atomic mass is 10.1. The standard InChI is InChI=1S/C22H27N7S/c1-15(16(2)27-23-3)17-5-6-19-20(13-17)30-22(25-19)26-21-14-18(7-8-24-21)29-11-9-28(4)10-12-29/h5-8,13-14,27H,3,9-12H2,1-2,4H3,(H,24,25,26)/b16-15+. The number of piperazine rings is 1. The lowest BCUT2D eigenvalue weighted by Crippen LogP contribution is -2.44. The van der Waals surface area contributed by atoms with Gasteiger partial charge in [-0.1, -0.05) is 17.4 Å². The summed E-state index contributed by atoms with van der Waals surface area (Å²) in [7, 11) is 2.17. The van der Waals surface area contributed by atoms with Gasteiger partial charge in [0.25, 0.3) is 0 Å². The van der Waals surface area contributed by atoms with Crippen LogP contribution in [0.2, 0.25) is 0 Å². The van der Waals surface area contributed by atoms with E-state index in [2.05, 4.69) is 81.6 Å². The van der Waals surface area contributed by atoms with Gasteiger partial charge < -0.3 is 15.1 Å². The monoisotopic (exact) mass is 421 g/mol. The van der Waals surface area contributed by atoms with Crippen molar-refractivity contribution in [1.82, 2.24) is 20.3 Å². The Balaban J connectivity index is 1.54. The zero-order valence-corrected chi connectivity index (χ0v) is 18.5. The first kappa shape index (κ1) is 20.3. The molecular formula is C22H27N7S. The Hall–Kier alpha value is -2.97. The number of nitrogens with one attached hydrogen (secondary N) is 2. The summed E-state index contributed by atoms with van der Waals surface area (Å²) >= 11 is 1.63. The van der Waals surface area contributed by atoms with Crippen LogP contribution >= 0.6 is 11.3 Å². The van der Waals surface area contributed by atoms with Crippen molar-refractivity contribution in [2.45, 2.75) is 13.8 Å². The van der Waals surface area contributed by atoms with Crippen LogP contribution in [0.5, 0.6) is 0 Å². The predicted octanol–water partition coefficient (Wildman–Crippen LogP) is 4.14. The second-order valence-corrected chi connectivity index (χ2v) is 8.57. The highest BCUT2D eigenvalue weighted by Gasteiger charge is 2.15. The van der Waals surface area contributed by atoms with E-state index in [1.807, 2.05) is 13.1 Å². The van der Waals surface area contributed by atoms with E-state index in [1.54, 1.807) is 11.3 Å². The van der Waals surface area contributed by atoms with Crippen LogP contribution in [0.15, 0.2) is 47.3 Å². The van der Waals surface area contributed by atoms with Crippen LogP contribution in [0.3, 0.4) is 0 Å². The number of benzene rings is 1. The van der Waals surface area contributed by atoms with Crippen LogP contribution in [-0.4, -0.2) is 54.8 Å². The van der Waals surface area contributed by atoms with Crippen molar-refractivity contribution in [1.29, 1.82) is 0 Å². The molecule has 0 saturated carbocycles. The number of hydrogen-bond acceptors (Lipinski definition) is 8. The van der Waals surface area contributed by atoms with Crippen molar-refractivity contribution in [3.63, 3.8) is 0 Å². The van der Waals surface area contributed by atoms with E-state index in [1.165, 1.54) is 5.69 Å². The molecule has 8 heteroatoms. The zero-order chi connectivity index (χ0) is 21.1. The van der Waals surface area contributed by atoms with Gasteiger partial charge in [-0.15, -0.1) is 0 Å². The fraction of sp³-hybridized carbons (Fsp3) is 0.318. The topological polar surface area (TPSA) is 68.7 Å². The summed E-state index contributed by atoms with van der Waals surface area (Å²) in [5, 5.41) is 7.98. The molecule has 1 saturated heterocycles. The van der Waals surface area contributed by atoms with Crippen LogP contribution in [-0.2, 0) is 0 Å². The lowest BCUT2D eigenvalue weighted by molar-refractivity contribution is 0.313. The molecule has 0 radical (unpaired) electrons. The fourth-order valence-electron chi connectivity index (χ4n) is 3.49. The number of thiazole rings is 1. The number of likely N-dealkylation sites (N-methyl/N-ethyl adjacent to an activating group) is 1. The highest BCUT2D eigenvalue weighted by atomic mass is 32.1. The molecule has 1 aliphatic heterocycles. The first-order chi connectivity index (χ1) is 14.5. The van der Waals surface area contributed by atoms with Crippen LogP contribution in [0, 0.1) is 0 Å². The van der Waals surface area contributed by atoms with E-state index in [4.69, 9.17) is 4.98 Å². The molecular weight excluding hydrogens is 394 g/mol. The molecule has 1 aromatic carbocycles. The van der Waals surface area contributed by atoms with Crippen molar-refractivity contribution in [2.24, 2.45) is 5.10 Å². The van der Waals surface area contributed by atoms with Gasteiger partial charge in [-0.05, 0) is 50.2 Å². The molecule has 4 rings (SSSR count). The van der Waals surface area contributed by atoms with Crippen molar-refractivity contribution < 1.29 is 0 Å². The Labute approximate surface area is 181 Å². The molecule has 0 amide bonds. The quantitative estimate of drug-likeness (QED) is 0.460. The largest absolute Gasteiger partial charge is 0.369 e. The smallest absolute Gasteiger partial charge is 0.189 e. The first-order valence-corrected chi connectivity index (χ1v) is 10.8. The van der Waals surface area contributed by atoms with Gasteiger partial charge >= 0.3 is 0 Å². The molecule has 3 heterocycles. The Morgan fingerprint density at radius 3 is 2.70 bits per heavy atom. The number of anilines is 3. The van der Waals surface area contributed by atoms with Gasteiger partial charge in [0, 0.05) is 56.5 Å². The summed E-state index contributed by atoms with van der Waals surface area (Å²) in [6, 6.07) is 10.5. The van der Waals surface area contributed by atoms with E-state index in [-0.39, 0.29) is 0 Å². The summed E-state index contributed by atoms with van der Waals surface area (Å²) < 4.78 is 1.13. The minimum atomic E-state index is 0.818. The van der Waals surface area contributed by atoms with E-state index in [0.29, 0.717) is 0 Å². The second-order valence-electron chi connectivity index (χ2n) is 7.54. The van der Waals surface area contributed by atoms with E-state index in [9.17, 15) is 0 Å². The zero-order valence-electron chi connectivity index (χ0n) is 17.6. The Morgan fingerprint density at radius 2 is 1.93 bits per heavy atom. The number of pyridine rings is 1. The first-order valence-electron chi connectivity index (χ1n) is 10.0. The third-order valence-corrected chi connectivity index (χ3v) is 6.41. The normalized spacial score (nSPS) is 15.8. The van der Waals surface area contributed by atoms with Gasteiger partial charge in [-0.2, -0.15) is 5.10 Å². The van der Waals surface area contributed by atoms with Crippen molar-refractivity contribution in [3.8, 4) is 0 Å². The summed E-state index contributed by atoms with van der Waals surface area (Å²) in [6.45, 7) is 11.8. The summed E-state index contributed by atoms with van der Waals surface area (Å²) in [5.74, 6) is 0.818. The van der Waals surface area contributed by atoms with E-state index < -0.39 is 0 Å². The maximum atomic E-state index is 4.73. The van der Waals surface area contributed by atoms with Crippen molar-refractivity contribution in [3.05, 3.63) is 47.8 Å². The minimum absolute atomic E-state index is 0.818. The molecule has 0 spiro atoms. The molecule has 0 atom stereocenters. The molecule has 30 heavy (non-hydrogen) atoms.